The van der Waals surface area contributed by atoms with Gasteiger partial charge in [0.15, 0.2) is 0 Å². The Bertz CT molecular complexity index is 203. The van der Waals surface area contributed by atoms with Gasteiger partial charge in [-0.2, -0.15) is 0 Å². The van der Waals surface area contributed by atoms with Crippen LogP contribution in [0.2, 0.25) is 0 Å². The van der Waals surface area contributed by atoms with E-state index in [0.29, 0.717) is 12.1 Å². The van der Waals surface area contributed by atoms with Gasteiger partial charge in [0, 0.05) is 12.6 Å². The van der Waals surface area contributed by atoms with Gasteiger partial charge in [0.1, 0.15) is 0 Å². The van der Waals surface area contributed by atoms with Crippen LogP contribution in [0.25, 0.3) is 0 Å². The number of ether oxygens (including phenoxy) is 1. The first-order chi connectivity index (χ1) is 9.33. The molecule has 1 aliphatic carbocycles. The second kappa shape index (κ2) is 10.7. The van der Waals surface area contributed by atoms with Crippen molar-refractivity contribution in [2.45, 2.75) is 90.2 Å². The number of hydrogen-bond acceptors (Lipinski definition) is 2. The third-order valence-corrected chi connectivity index (χ3v) is 4.33. The molecule has 1 saturated carbocycles. The minimum atomic E-state index is 0.468. The molecule has 19 heavy (non-hydrogen) atoms. The summed E-state index contributed by atoms with van der Waals surface area (Å²) in [7, 11) is 2.10. The summed E-state index contributed by atoms with van der Waals surface area (Å²) in [6.45, 7) is 5.26. The van der Waals surface area contributed by atoms with Crippen molar-refractivity contribution in [1.82, 2.24) is 5.32 Å². The molecule has 0 radical (unpaired) electrons. The van der Waals surface area contributed by atoms with Crippen LogP contribution in [0.1, 0.15) is 78.1 Å². The lowest BCUT2D eigenvalue weighted by Gasteiger charge is -2.27. The molecule has 1 fully saturated rings. The highest BCUT2D eigenvalue weighted by Crippen LogP contribution is 2.36. The molecule has 2 unspecified atom stereocenters. The third kappa shape index (κ3) is 7.31. The zero-order valence-corrected chi connectivity index (χ0v) is 13.4. The fourth-order valence-electron chi connectivity index (χ4n) is 2.99. The van der Waals surface area contributed by atoms with E-state index in [9.17, 15) is 0 Å². The standard InChI is InChI=1S/C17H35NO/c1-4-6-7-8-9-10-11-12-16(18-3)17(19-5-2)15-13-14-15/h15-18H,4-14H2,1-3H3. The van der Waals surface area contributed by atoms with Crippen LogP contribution >= 0.6 is 0 Å². The molecule has 0 amide bonds. The van der Waals surface area contributed by atoms with E-state index >= 15 is 0 Å². The average molecular weight is 269 g/mol. The summed E-state index contributed by atoms with van der Waals surface area (Å²) in [6.07, 6.45) is 14.3. The molecule has 0 saturated heterocycles. The Hall–Kier alpha value is -0.0800. The van der Waals surface area contributed by atoms with Crippen molar-refractivity contribution in [3.8, 4) is 0 Å². The Morgan fingerprint density at radius 3 is 2.16 bits per heavy atom. The SMILES string of the molecule is CCCCCCCCCC(NC)C(OCC)C1CC1. The Morgan fingerprint density at radius 2 is 1.63 bits per heavy atom. The maximum absolute atomic E-state index is 5.97. The highest BCUT2D eigenvalue weighted by atomic mass is 16.5. The van der Waals surface area contributed by atoms with Crippen molar-refractivity contribution in [2.75, 3.05) is 13.7 Å². The largest absolute Gasteiger partial charge is 0.377 e. The van der Waals surface area contributed by atoms with Crippen molar-refractivity contribution in [2.24, 2.45) is 5.92 Å². The van der Waals surface area contributed by atoms with Gasteiger partial charge in [0.2, 0.25) is 0 Å². The Balaban J connectivity index is 2.09. The first kappa shape index (κ1) is 17.0. The maximum atomic E-state index is 5.97. The van der Waals surface area contributed by atoms with Gasteiger partial charge >= 0.3 is 0 Å². The summed E-state index contributed by atoms with van der Waals surface area (Å²) in [5, 5.41) is 3.49. The van der Waals surface area contributed by atoms with Gasteiger partial charge < -0.3 is 10.1 Å². The maximum Gasteiger partial charge on any atom is 0.0755 e. The Labute approximate surface area is 120 Å². The van der Waals surface area contributed by atoms with Crippen molar-refractivity contribution in [3.63, 3.8) is 0 Å². The van der Waals surface area contributed by atoms with E-state index in [0.717, 1.165) is 12.5 Å². The van der Waals surface area contributed by atoms with Crippen LogP contribution < -0.4 is 5.32 Å². The molecule has 0 aromatic rings. The fourth-order valence-corrected chi connectivity index (χ4v) is 2.99. The number of likely N-dealkylation sites (N-methyl/N-ethyl adjacent to an activating group) is 1. The Kier molecular flexibility index (Phi) is 9.54. The number of nitrogens with one attached hydrogen (secondary N) is 1. The summed E-state index contributed by atoms with van der Waals surface area (Å²) >= 11 is 0. The molecule has 1 aliphatic rings. The van der Waals surface area contributed by atoms with Gasteiger partial charge in [-0.25, -0.2) is 0 Å². The molecule has 0 heterocycles. The van der Waals surface area contributed by atoms with Crippen LogP contribution in [-0.4, -0.2) is 25.8 Å². The lowest BCUT2D eigenvalue weighted by molar-refractivity contribution is 0.0183. The smallest absolute Gasteiger partial charge is 0.0755 e. The van der Waals surface area contributed by atoms with Crippen LogP contribution in [-0.2, 0) is 4.74 Å². The van der Waals surface area contributed by atoms with Crippen LogP contribution in [0.15, 0.2) is 0 Å². The molecular formula is C17H35NO. The Morgan fingerprint density at radius 1 is 1.00 bits per heavy atom. The molecule has 114 valence electrons. The summed E-state index contributed by atoms with van der Waals surface area (Å²) in [6, 6.07) is 0.572. The van der Waals surface area contributed by atoms with Gasteiger partial charge in [0.25, 0.3) is 0 Å². The predicted octanol–water partition coefficient (Wildman–Crippen LogP) is 4.53. The summed E-state index contributed by atoms with van der Waals surface area (Å²) in [4.78, 5) is 0. The molecule has 2 atom stereocenters. The predicted molar refractivity (Wildman–Crippen MR) is 83.6 cm³/mol. The van der Waals surface area contributed by atoms with Crippen molar-refractivity contribution < 1.29 is 4.74 Å². The van der Waals surface area contributed by atoms with E-state index < -0.39 is 0 Å². The lowest BCUT2D eigenvalue weighted by atomic mass is 9.99. The summed E-state index contributed by atoms with van der Waals surface area (Å²) in [5.74, 6) is 0.835. The van der Waals surface area contributed by atoms with Crippen LogP contribution in [0.3, 0.4) is 0 Å². The van der Waals surface area contributed by atoms with E-state index in [1.807, 2.05) is 0 Å². The summed E-state index contributed by atoms with van der Waals surface area (Å²) in [5.41, 5.74) is 0. The zero-order chi connectivity index (χ0) is 13.9. The molecule has 0 aliphatic heterocycles. The van der Waals surface area contributed by atoms with Crippen LogP contribution in [0, 0.1) is 5.92 Å². The zero-order valence-electron chi connectivity index (χ0n) is 13.4. The molecule has 0 aromatic heterocycles. The minimum Gasteiger partial charge on any atom is -0.377 e. The summed E-state index contributed by atoms with van der Waals surface area (Å²) < 4.78 is 5.97. The first-order valence-corrected chi connectivity index (χ1v) is 8.62. The second-order valence-corrected chi connectivity index (χ2v) is 6.06. The van der Waals surface area contributed by atoms with Gasteiger partial charge in [-0.3, -0.25) is 0 Å². The molecule has 0 bridgehead atoms. The highest BCUT2D eigenvalue weighted by molar-refractivity contribution is 4.89. The van der Waals surface area contributed by atoms with Gasteiger partial charge in [0.05, 0.1) is 6.10 Å². The number of hydrogen-bond donors (Lipinski definition) is 1. The van der Waals surface area contributed by atoms with Crippen LogP contribution in [0.4, 0.5) is 0 Å². The molecule has 0 spiro atoms. The van der Waals surface area contributed by atoms with Gasteiger partial charge in [-0.05, 0) is 39.2 Å². The quantitative estimate of drug-likeness (QED) is 0.496. The number of unbranched alkanes of at least 4 members (excludes halogenated alkanes) is 6. The lowest BCUT2D eigenvalue weighted by Crippen LogP contribution is -2.40. The molecule has 0 aromatic carbocycles. The van der Waals surface area contributed by atoms with Gasteiger partial charge in [-0.1, -0.05) is 51.9 Å². The van der Waals surface area contributed by atoms with E-state index in [1.165, 1.54) is 64.2 Å². The normalized spacial score (nSPS) is 18.5. The minimum absolute atomic E-state index is 0.468. The topological polar surface area (TPSA) is 21.3 Å². The molecular weight excluding hydrogens is 234 g/mol. The van der Waals surface area contributed by atoms with Crippen molar-refractivity contribution in [1.29, 1.82) is 0 Å². The number of rotatable bonds is 13. The second-order valence-electron chi connectivity index (χ2n) is 6.06. The molecule has 1 rings (SSSR count). The average Bonchev–Trinajstić information content (AvgIpc) is 3.24. The third-order valence-electron chi connectivity index (χ3n) is 4.33. The van der Waals surface area contributed by atoms with Crippen LogP contribution in [0.5, 0.6) is 0 Å². The first-order valence-electron chi connectivity index (χ1n) is 8.62. The van der Waals surface area contributed by atoms with E-state index in [2.05, 4.69) is 26.2 Å². The van der Waals surface area contributed by atoms with E-state index in [-0.39, 0.29) is 0 Å². The molecule has 1 N–H and O–H groups in total. The van der Waals surface area contributed by atoms with E-state index in [1.54, 1.807) is 0 Å². The van der Waals surface area contributed by atoms with Gasteiger partial charge in [-0.15, -0.1) is 0 Å². The fraction of sp³-hybridized carbons (Fsp3) is 1.00. The molecule has 2 heteroatoms. The van der Waals surface area contributed by atoms with E-state index in [4.69, 9.17) is 4.74 Å². The van der Waals surface area contributed by atoms with Crippen molar-refractivity contribution in [3.05, 3.63) is 0 Å². The highest BCUT2D eigenvalue weighted by Gasteiger charge is 2.36. The van der Waals surface area contributed by atoms with Crippen molar-refractivity contribution >= 4 is 0 Å². The monoisotopic (exact) mass is 269 g/mol. The molecule has 2 nitrogen and oxygen atoms in total.